The predicted molar refractivity (Wildman–Crippen MR) is 95.2 cm³/mol. The Labute approximate surface area is 147 Å². The molecule has 0 radical (unpaired) electrons. The van der Waals surface area contributed by atoms with Crippen LogP contribution in [0.4, 0.5) is 5.69 Å². The second-order valence-corrected chi connectivity index (χ2v) is 10.1. The van der Waals surface area contributed by atoms with Gasteiger partial charge in [0.05, 0.1) is 10.6 Å². The van der Waals surface area contributed by atoms with Crippen molar-refractivity contribution in [2.45, 2.75) is 20.5 Å². The Bertz CT molecular complexity index is 789. The van der Waals surface area contributed by atoms with Crippen molar-refractivity contribution in [3.8, 4) is 0 Å². The third-order valence-electron chi connectivity index (χ3n) is 2.53. The van der Waals surface area contributed by atoms with Crippen LogP contribution in [0.25, 0.3) is 0 Å². The van der Waals surface area contributed by atoms with Crippen molar-refractivity contribution < 1.29 is 13.2 Å². The standard InChI is InChI=1S/C13H15N3O3S4/c1-3-20-12-15-16-13(22-12)21-8-11(17)14-9-5-4-6-10(7-9)23(2,18)19/h4-7H,3,8H2,1-2H3,(H,14,17). The fourth-order valence-electron chi connectivity index (χ4n) is 1.57. The Balaban J connectivity index is 1.92. The lowest BCUT2D eigenvalue weighted by Gasteiger charge is -2.06. The summed E-state index contributed by atoms with van der Waals surface area (Å²) in [5.74, 6) is 0.894. The number of thioether (sulfide) groups is 2. The zero-order valence-corrected chi connectivity index (χ0v) is 15.7. The van der Waals surface area contributed by atoms with Crippen LogP contribution >= 0.6 is 34.9 Å². The zero-order valence-electron chi connectivity index (χ0n) is 12.5. The smallest absolute Gasteiger partial charge is 0.234 e. The van der Waals surface area contributed by atoms with Gasteiger partial charge in [-0.1, -0.05) is 47.9 Å². The molecule has 0 atom stereocenters. The molecule has 0 aliphatic rings. The molecule has 1 heterocycles. The van der Waals surface area contributed by atoms with Crippen LogP contribution in [0, 0.1) is 0 Å². The summed E-state index contributed by atoms with van der Waals surface area (Å²) in [7, 11) is -3.29. The van der Waals surface area contributed by atoms with Gasteiger partial charge in [0.25, 0.3) is 0 Å². The lowest BCUT2D eigenvalue weighted by Crippen LogP contribution is -2.14. The van der Waals surface area contributed by atoms with E-state index in [9.17, 15) is 13.2 Å². The molecule has 1 amide bonds. The highest BCUT2D eigenvalue weighted by molar-refractivity contribution is 8.03. The molecule has 124 valence electrons. The van der Waals surface area contributed by atoms with Crippen molar-refractivity contribution in [2.75, 3.05) is 23.1 Å². The van der Waals surface area contributed by atoms with Crippen LogP contribution in [0.3, 0.4) is 0 Å². The van der Waals surface area contributed by atoms with Crippen LogP contribution in [0.15, 0.2) is 37.8 Å². The molecule has 0 spiro atoms. The molecule has 23 heavy (non-hydrogen) atoms. The molecule has 0 unspecified atom stereocenters. The average Bonchev–Trinajstić information content (AvgIpc) is 2.93. The summed E-state index contributed by atoms with van der Waals surface area (Å²) in [6, 6.07) is 6.18. The molecule has 0 bridgehead atoms. The van der Waals surface area contributed by atoms with Crippen LogP contribution < -0.4 is 5.32 Å². The summed E-state index contributed by atoms with van der Waals surface area (Å²) < 4.78 is 24.6. The van der Waals surface area contributed by atoms with E-state index in [0.717, 1.165) is 20.7 Å². The number of benzene rings is 1. The number of hydrogen-bond donors (Lipinski definition) is 1. The molecule has 0 saturated heterocycles. The highest BCUT2D eigenvalue weighted by atomic mass is 32.2. The molecule has 1 aromatic carbocycles. The Morgan fingerprint density at radius 3 is 2.61 bits per heavy atom. The van der Waals surface area contributed by atoms with Gasteiger partial charge >= 0.3 is 0 Å². The maximum Gasteiger partial charge on any atom is 0.234 e. The SMILES string of the molecule is CCSc1nnc(SCC(=O)Nc2cccc(S(C)(=O)=O)c2)s1. The van der Waals surface area contributed by atoms with Crippen molar-refractivity contribution in [3.05, 3.63) is 24.3 Å². The monoisotopic (exact) mass is 389 g/mol. The van der Waals surface area contributed by atoms with Gasteiger partial charge in [-0.15, -0.1) is 10.2 Å². The van der Waals surface area contributed by atoms with Crippen molar-refractivity contribution in [2.24, 2.45) is 0 Å². The predicted octanol–water partition coefficient (Wildman–Crippen LogP) is 2.78. The van der Waals surface area contributed by atoms with Gasteiger partial charge in [-0.05, 0) is 24.0 Å². The molecule has 0 aliphatic carbocycles. The van der Waals surface area contributed by atoms with Gasteiger partial charge in [-0.3, -0.25) is 4.79 Å². The van der Waals surface area contributed by atoms with E-state index < -0.39 is 9.84 Å². The first-order chi connectivity index (χ1) is 10.9. The van der Waals surface area contributed by atoms with Crippen molar-refractivity contribution in [1.29, 1.82) is 0 Å². The lowest BCUT2D eigenvalue weighted by molar-refractivity contribution is -0.113. The van der Waals surface area contributed by atoms with Crippen molar-refractivity contribution in [3.63, 3.8) is 0 Å². The Hall–Kier alpha value is -1.10. The largest absolute Gasteiger partial charge is 0.325 e. The second kappa shape index (κ2) is 8.13. The number of nitrogens with zero attached hydrogens (tertiary/aromatic N) is 2. The van der Waals surface area contributed by atoms with E-state index in [1.54, 1.807) is 23.9 Å². The maximum absolute atomic E-state index is 11.9. The van der Waals surface area contributed by atoms with E-state index in [1.807, 2.05) is 6.92 Å². The van der Waals surface area contributed by atoms with E-state index in [-0.39, 0.29) is 16.6 Å². The Morgan fingerprint density at radius 2 is 1.96 bits per heavy atom. The van der Waals surface area contributed by atoms with Gasteiger partial charge in [0.15, 0.2) is 18.5 Å². The molecule has 10 heteroatoms. The normalized spacial score (nSPS) is 11.4. The van der Waals surface area contributed by atoms with Crippen LogP contribution in [-0.4, -0.2) is 42.3 Å². The van der Waals surface area contributed by atoms with Crippen LogP contribution in [0.5, 0.6) is 0 Å². The van der Waals surface area contributed by atoms with E-state index in [0.29, 0.717) is 5.69 Å². The van der Waals surface area contributed by atoms with E-state index in [2.05, 4.69) is 15.5 Å². The number of anilines is 1. The molecule has 0 saturated carbocycles. The highest BCUT2D eigenvalue weighted by Crippen LogP contribution is 2.28. The van der Waals surface area contributed by atoms with Gasteiger partial charge in [-0.2, -0.15) is 0 Å². The maximum atomic E-state index is 11.9. The minimum absolute atomic E-state index is 0.174. The van der Waals surface area contributed by atoms with Gasteiger partial charge < -0.3 is 5.32 Å². The van der Waals surface area contributed by atoms with Crippen LogP contribution in [0.1, 0.15) is 6.92 Å². The number of nitrogens with one attached hydrogen (secondary N) is 1. The van der Waals surface area contributed by atoms with Crippen molar-refractivity contribution in [1.82, 2.24) is 10.2 Å². The van der Waals surface area contributed by atoms with Gasteiger partial charge in [-0.25, -0.2) is 8.42 Å². The number of aromatic nitrogens is 2. The summed E-state index contributed by atoms with van der Waals surface area (Å²) in [4.78, 5) is 12.1. The number of rotatable bonds is 7. The summed E-state index contributed by atoms with van der Waals surface area (Å²) in [6.45, 7) is 2.04. The molecule has 6 nitrogen and oxygen atoms in total. The lowest BCUT2D eigenvalue weighted by atomic mass is 10.3. The van der Waals surface area contributed by atoms with Gasteiger partial charge in [0.2, 0.25) is 5.91 Å². The van der Waals surface area contributed by atoms with Gasteiger partial charge in [0.1, 0.15) is 0 Å². The van der Waals surface area contributed by atoms with Crippen LogP contribution in [-0.2, 0) is 14.6 Å². The first-order valence-corrected chi connectivity index (χ1v) is 11.3. The number of amides is 1. The Kier molecular flexibility index (Phi) is 6.45. The zero-order chi connectivity index (χ0) is 16.9. The summed E-state index contributed by atoms with van der Waals surface area (Å²) >= 11 is 4.37. The molecule has 1 N–H and O–H groups in total. The molecule has 2 aromatic rings. The quantitative estimate of drug-likeness (QED) is 0.728. The molecule has 1 aromatic heterocycles. The first-order valence-electron chi connectivity index (χ1n) is 6.57. The minimum atomic E-state index is -3.29. The highest BCUT2D eigenvalue weighted by Gasteiger charge is 2.11. The molecule has 2 rings (SSSR count). The fourth-order valence-corrected chi connectivity index (χ4v) is 4.95. The van der Waals surface area contributed by atoms with Crippen LogP contribution in [0.2, 0.25) is 0 Å². The first kappa shape index (κ1) is 18.2. The number of carbonyl (C=O) groups is 1. The number of hydrogen-bond acceptors (Lipinski definition) is 8. The van der Waals surface area contributed by atoms with Gasteiger partial charge in [0, 0.05) is 11.9 Å². The van der Waals surface area contributed by atoms with E-state index in [1.165, 1.54) is 35.2 Å². The molecular formula is C13H15N3O3S4. The van der Waals surface area contributed by atoms with E-state index >= 15 is 0 Å². The fraction of sp³-hybridized carbons (Fsp3) is 0.308. The summed E-state index contributed by atoms with van der Waals surface area (Å²) in [5, 5.41) is 10.7. The molecule has 0 aliphatic heterocycles. The molecular weight excluding hydrogens is 374 g/mol. The third-order valence-corrected chi connectivity index (χ3v) is 6.71. The van der Waals surface area contributed by atoms with E-state index in [4.69, 9.17) is 0 Å². The average molecular weight is 390 g/mol. The number of carbonyl (C=O) groups excluding carboxylic acids is 1. The minimum Gasteiger partial charge on any atom is -0.325 e. The Morgan fingerprint density at radius 1 is 1.26 bits per heavy atom. The number of sulfone groups is 1. The second-order valence-electron chi connectivity index (χ2n) is 4.40. The topological polar surface area (TPSA) is 89.0 Å². The summed E-state index contributed by atoms with van der Waals surface area (Å²) in [6.07, 6.45) is 1.13. The molecule has 0 fully saturated rings. The van der Waals surface area contributed by atoms with Crippen molar-refractivity contribution >= 4 is 56.3 Å². The summed E-state index contributed by atoms with van der Waals surface area (Å²) in [5.41, 5.74) is 0.456. The third kappa shape index (κ3) is 5.79.